The number of benzene rings is 2. The van der Waals surface area contributed by atoms with Gasteiger partial charge in [-0.25, -0.2) is 4.98 Å². The van der Waals surface area contributed by atoms with E-state index in [1.54, 1.807) is 23.0 Å². The van der Waals surface area contributed by atoms with Gasteiger partial charge in [0.15, 0.2) is 0 Å². The molecular weight excluding hydrogens is 392 g/mol. The fourth-order valence-corrected chi connectivity index (χ4v) is 5.53. The predicted octanol–water partition coefficient (Wildman–Crippen LogP) is 4.71. The zero-order valence-corrected chi connectivity index (χ0v) is 17.9. The predicted molar refractivity (Wildman–Crippen MR) is 122 cm³/mol. The number of piperidine rings is 1. The summed E-state index contributed by atoms with van der Waals surface area (Å²) >= 11 is 1.74. The second-order valence-electron chi connectivity index (χ2n) is 7.94. The highest BCUT2D eigenvalue weighted by molar-refractivity contribution is 7.18. The van der Waals surface area contributed by atoms with E-state index >= 15 is 0 Å². The van der Waals surface area contributed by atoms with Gasteiger partial charge >= 0.3 is 0 Å². The van der Waals surface area contributed by atoms with E-state index in [-0.39, 0.29) is 11.1 Å². The minimum absolute atomic E-state index is 0.223. The number of nitrogens with zero attached hydrogens (tertiary/aromatic N) is 4. The molecule has 2 aromatic carbocycles. The Bertz CT molecular complexity index is 1370. The van der Waals surface area contributed by atoms with Crippen LogP contribution in [0.1, 0.15) is 34.9 Å². The lowest BCUT2D eigenvalue weighted by molar-refractivity contribution is 0.506. The van der Waals surface area contributed by atoms with Crippen molar-refractivity contribution in [2.45, 2.75) is 25.7 Å². The van der Waals surface area contributed by atoms with E-state index in [0.717, 1.165) is 53.0 Å². The van der Waals surface area contributed by atoms with Crippen molar-refractivity contribution in [1.82, 2.24) is 9.55 Å². The number of hydrogen-bond acceptors (Lipinski definition) is 5. The molecule has 0 bridgehead atoms. The van der Waals surface area contributed by atoms with Crippen molar-refractivity contribution >= 4 is 38.1 Å². The minimum Gasteiger partial charge on any atom is -0.370 e. The van der Waals surface area contributed by atoms with Crippen molar-refractivity contribution < 1.29 is 0 Å². The molecule has 1 fully saturated rings. The third kappa shape index (κ3) is 2.98. The number of thiazole rings is 1. The molecule has 0 unspecified atom stereocenters. The molecule has 4 aromatic rings. The summed E-state index contributed by atoms with van der Waals surface area (Å²) in [5.41, 5.74) is 4.12. The van der Waals surface area contributed by atoms with Gasteiger partial charge in [-0.1, -0.05) is 24.3 Å². The van der Waals surface area contributed by atoms with Gasteiger partial charge in [0.2, 0.25) is 0 Å². The van der Waals surface area contributed by atoms with Gasteiger partial charge in [0.05, 0.1) is 26.4 Å². The van der Waals surface area contributed by atoms with Gasteiger partial charge in [-0.15, -0.1) is 11.3 Å². The van der Waals surface area contributed by atoms with Crippen LogP contribution in [-0.4, -0.2) is 22.6 Å². The molecule has 5 rings (SSSR count). The third-order valence-electron chi connectivity index (χ3n) is 6.19. The van der Waals surface area contributed by atoms with Crippen LogP contribution in [0.25, 0.3) is 21.1 Å². The monoisotopic (exact) mass is 414 g/mol. The zero-order valence-electron chi connectivity index (χ0n) is 17.1. The lowest BCUT2D eigenvalue weighted by atomic mass is 9.89. The van der Waals surface area contributed by atoms with Crippen LogP contribution in [0.5, 0.6) is 0 Å². The number of nitriles is 1. The molecule has 150 valence electrons. The molecule has 0 aliphatic carbocycles. The average molecular weight is 415 g/mol. The Kier molecular flexibility index (Phi) is 4.56. The molecule has 0 saturated carbocycles. The first kappa shape index (κ1) is 18.8. The van der Waals surface area contributed by atoms with Crippen molar-refractivity contribution in [3.8, 4) is 6.07 Å². The molecule has 6 heteroatoms. The molecule has 0 atom stereocenters. The van der Waals surface area contributed by atoms with Crippen LogP contribution in [0.4, 0.5) is 5.69 Å². The van der Waals surface area contributed by atoms with Crippen molar-refractivity contribution in [2.75, 3.05) is 18.0 Å². The maximum absolute atomic E-state index is 12.8. The Balaban J connectivity index is 1.48. The lowest BCUT2D eigenvalue weighted by Gasteiger charge is -2.35. The summed E-state index contributed by atoms with van der Waals surface area (Å²) in [7, 11) is 1.73. The molecule has 1 aliphatic heterocycles. The van der Waals surface area contributed by atoms with E-state index in [9.17, 15) is 10.1 Å². The summed E-state index contributed by atoms with van der Waals surface area (Å²) in [6.45, 7) is 3.70. The maximum atomic E-state index is 12.8. The number of fused-ring (bicyclic) bond motifs is 2. The van der Waals surface area contributed by atoms with Crippen LogP contribution < -0.4 is 10.5 Å². The number of para-hydroxylation sites is 1. The molecule has 0 radical (unpaired) electrons. The Morgan fingerprint density at radius 1 is 1.17 bits per heavy atom. The molecular formula is C24H22N4OS. The number of anilines is 1. The number of pyridine rings is 1. The smallest absolute Gasteiger partial charge is 0.270 e. The average Bonchev–Trinajstić information content (AvgIpc) is 3.15. The molecule has 1 saturated heterocycles. The Hall–Kier alpha value is -3.17. The second-order valence-corrected chi connectivity index (χ2v) is 9.17. The SMILES string of the molecule is Cc1nc2ccc(C3CCN(c4c(C#N)c(=O)n(C)c5ccccc45)CC3)cc2s1. The molecule has 1 aliphatic rings. The van der Waals surface area contributed by atoms with Crippen LogP contribution in [0, 0.1) is 18.3 Å². The van der Waals surface area contributed by atoms with Gasteiger partial charge in [-0.2, -0.15) is 5.26 Å². The zero-order chi connectivity index (χ0) is 20.8. The Morgan fingerprint density at radius 2 is 1.93 bits per heavy atom. The second kappa shape index (κ2) is 7.26. The summed E-state index contributed by atoms with van der Waals surface area (Å²) in [5, 5.41) is 11.8. The van der Waals surface area contributed by atoms with Gasteiger partial charge in [0.1, 0.15) is 11.6 Å². The van der Waals surface area contributed by atoms with Crippen molar-refractivity contribution in [3.63, 3.8) is 0 Å². The largest absolute Gasteiger partial charge is 0.370 e. The van der Waals surface area contributed by atoms with Crippen LogP contribution in [0.3, 0.4) is 0 Å². The summed E-state index contributed by atoms with van der Waals surface area (Å²) in [6, 6.07) is 16.7. The van der Waals surface area contributed by atoms with Crippen molar-refractivity contribution in [3.05, 3.63) is 69.0 Å². The van der Waals surface area contributed by atoms with Gasteiger partial charge in [-0.05, 0) is 49.4 Å². The fourth-order valence-electron chi connectivity index (χ4n) is 4.66. The highest BCUT2D eigenvalue weighted by atomic mass is 32.1. The Morgan fingerprint density at radius 3 is 2.70 bits per heavy atom. The quantitative estimate of drug-likeness (QED) is 0.476. The van der Waals surface area contributed by atoms with Gasteiger partial charge in [-0.3, -0.25) is 4.79 Å². The maximum Gasteiger partial charge on any atom is 0.270 e. The number of aromatic nitrogens is 2. The fraction of sp³-hybridized carbons (Fsp3) is 0.292. The molecule has 2 aromatic heterocycles. The molecule has 0 amide bonds. The summed E-state index contributed by atoms with van der Waals surface area (Å²) in [4.78, 5) is 19.6. The normalized spacial score (nSPS) is 15.0. The number of hydrogen-bond donors (Lipinski definition) is 0. The Labute approximate surface area is 178 Å². The summed E-state index contributed by atoms with van der Waals surface area (Å²) in [5.74, 6) is 0.483. The van der Waals surface area contributed by atoms with E-state index in [0.29, 0.717) is 5.92 Å². The first-order valence-corrected chi connectivity index (χ1v) is 11.0. The van der Waals surface area contributed by atoms with E-state index in [4.69, 9.17) is 0 Å². The number of rotatable bonds is 2. The molecule has 3 heterocycles. The topological polar surface area (TPSA) is 61.9 Å². The van der Waals surface area contributed by atoms with Crippen molar-refractivity contribution in [1.29, 1.82) is 5.26 Å². The first-order valence-electron chi connectivity index (χ1n) is 10.2. The summed E-state index contributed by atoms with van der Waals surface area (Å²) in [6.07, 6.45) is 2.00. The third-order valence-corrected chi connectivity index (χ3v) is 7.12. The first-order chi connectivity index (χ1) is 14.6. The van der Waals surface area contributed by atoms with E-state index < -0.39 is 0 Å². The van der Waals surface area contributed by atoms with E-state index in [1.165, 1.54) is 10.3 Å². The van der Waals surface area contributed by atoms with E-state index in [1.807, 2.05) is 31.2 Å². The summed E-state index contributed by atoms with van der Waals surface area (Å²) < 4.78 is 2.83. The van der Waals surface area contributed by atoms with E-state index in [2.05, 4.69) is 34.2 Å². The van der Waals surface area contributed by atoms with Crippen molar-refractivity contribution in [2.24, 2.45) is 7.05 Å². The highest BCUT2D eigenvalue weighted by Gasteiger charge is 2.26. The molecule has 0 N–H and O–H groups in total. The van der Waals surface area contributed by atoms with Crippen LogP contribution in [-0.2, 0) is 7.05 Å². The molecule has 30 heavy (non-hydrogen) atoms. The highest BCUT2D eigenvalue weighted by Crippen LogP contribution is 2.36. The minimum atomic E-state index is -0.223. The van der Waals surface area contributed by atoms with Crippen LogP contribution in [0.15, 0.2) is 47.3 Å². The molecule has 5 nitrogen and oxygen atoms in total. The van der Waals surface area contributed by atoms with Gasteiger partial charge in [0, 0.05) is 25.5 Å². The standard InChI is InChI=1S/C24H22N4OS/c1-15-26-20-8-7-17(13-22(20)30-15)16-9-11-28(12-10-16)23-18-5-3-4-6-21(18)27(2)24(29)19(23)14-25/h3-8,13,16H,9-12H2,1-2H3. The van der Waals surface area contributed by atoms with Crippen LogP contribution >= 0.6 is 11.3 Å². The number of aryl methyl sites for hydroxylation is 2. The van der Waals surface area contributed by atoms with Gasteiger partial charge < -0.3 is 9.47 Å². The molecule has 0 spiro atoms. The van der Waals surface area contributed by atoms with Crippen LogP contribution in [0.2, 0.25) is 0 Å². The lowest BCUT2D eigenvalue weighted by Crippen LogP contribution is -2.35. The van der Waals surface area contributed by atoms with Gasteiger partial charge in [0.25, 0.3) is 5.56 Å².